The first-order valence-electron chi connectivity index (χ1n) is 14.9. The molecule has 3 aromatic carbocycles. The van der Waals surface area contributed by atoms with Gasteiger partial charge in [0.25, 0.3) is 0 Å². The third-order valence-corrected chi connectivity index (χ3v) is 8.46. The number of carbonyl (C=O) groups excluding carboxylic acids is 2. The maximum atomic E-state index is 12.1. The molecular weight excluding hydrogens is 496 g/mol. The van der Waals surface area contributed by atoms with Crippen LogP contribution < -0.4 is 10.1 Å². The number of Topliss-reactive ketones (excluding diaryl/α,β-unsaturated/α-hetero) is 1. The summed E-state index contributed by atoms with van der Waals surface area (Å²) in [4.78, 5) is 26.7. The van der Waals surface area contributed by atoms with Crippen LogP contribution in [-0.4, -0.2) is 36.2 Å². The molecule has 0 spiro atoms. The number of nitrogens with one attached hydrogen (secondary N) is 1. The third-order valence-electron chi connectivity index (χ3n) is 8.46. The maximum Gasteiger partial charge on any atom is 0.226 e. The Kier molecular flexibility index (Phi) is 9.01. The zero-order valence-electron chi connectivity index (χ0n) is 24.1. The topological polar surface area (TPSA) is 58.6 Å². The fraction of sp³-hybridized carbons (Fsp3) is 0.429. The number of hydrogen-bond acceptors (Lipinski definition) is 4. The first-order chi connectivity index (χ1) is 19.4. The molecule has 1 fully saturated rings. The molecule has 1 unspecified atom stereocenters. The zero-order chi connectivity index (χ0) is 28.1. The lowest BCUT2D eigenvalue weighted by Crippen LogP contribution is -2.34. The van der Waals surface area contributed by atoms with E-state index in [-0.39, 0.29) is 23.7 Å². The predicted molar refractivity (Wildman–Crippen MR) is 161 cm³/mol. The molecule has 1 heterocycles. The lowest BCUT2D eigenvalue weighted by molar-refractivity contribution is -0.118. The molecule has 1 atom stereocenters. The smallest absolute Gasteiger partial charge is 0.226 e. The van der Waals surface area contributed by atoms with Crippen molar-refractivity contribution in [1.82, 2.24) is 4.90 Å². The van der Waals surface area contributed by atoms with Gasteiger partial charge in [0.15, 0.2) is 5.78 Å². The molecule has 1 aliphatic carbocycles. The average molecular weight is 539 g/mol. The summed E-state index contributed by atoms with van der Waals surface area (Å²) in [5, 5.41) is 3.04. The number of hydrogen-bond donors (Lipinski definition) is 1. The summed E-state index contributed by atoms with van der Waals surface area (Å²) in [6.07, 6.45) is 6.58. The van der Waals surface area contributed by atoms with E-state index in [1.165, 1.54) is 35.1 Å². The molecule has 210 valence electrons. The minimum absolute atomic E-state index is 0.0328. The van der Waals surface area contributed by atoms with E-state index in [1.807, 2.05) is 44.2 Å². The van der Waals surface area contributed by atoms with Crippen molar-refractivity contribution in [2.45, 2.75) is 71.3 Å². The normalized spacial score (nSPS) is 16.5. The van der Waals surface area contributed by atoms with Crippen LogP contribution in [0.5, 0.6) is 5.75 Å². The largest absolute Gasteiger partial charge is 0.486 e. The number of benzene rings is 3. The Morgan fingerprint density at radius 3 is 2.50 bits per heavy atom. The lowest BCUT2D eigenvalue weighted by atomic mass is 9.89. The fourth-order valence-corrected chi connectivity index (χ4v) is 5.99. The SMILES string of the molecule is CC(=O)c1cccc(OC(CCN2CCC(c3cccc(NC(=O)C(C)C)c3)CC2)c2ccc3c(c2)CCC3)c1. The van der Waals surface area contributed by atoms with Crippen LogP contribution in [0.2, 0.25) is 0 Å². The minimum Gasteiger partial charge on any atom is -0.486 e. The molecule has 1 amide bonds. The van der Waals surface area contributed by atoms with E-state index in [0.29, 0.717) is 11.5 Å². The second kappa shape index (κ2) is 12.8. The molecule has 1 saturated heterocycles. The number of ether oxygens (including phenoxy) is 1. The summed E-state index contributed by atoms with van der Waals surface area (Å²) in [6.45, 7) is 8.48. The number of piperidine rings is 1. The van der Waals surface area contributed by atoms with Crippen LogP contribution in [-0.2, 0) is 17.6 Å². The number of rotatable bonds is 10. The van der Waals surface area contributed by atoms with Crippen molar-refractivity contribution >= 4 is 17.4 Å². The van der Waals surface area contributed by atoms with Gasteiger partial charge in [-0.1, -0.05) is 56.3 Å². The van der Waals surface area contributed by atoms with Crippen LogP contribution in [0.4, 0.5) is 5.69 Å². The summed E-state index contributed by atoms with van der Waals surface area (Å²) in [7, 11) is 0. The summed E-state index contributed by atoms with van der Waals surface area (Å²) < 4.78 is 6.58. The molecule has 5 heteroatoms. The van der Waals surface area contributed by atoms with Gasteiger partial charge in [-0.3, -0.25) is 9.59 Å². The van der Waals surface area contributed by atoms with Gasteiger partial charge in [0, 0.05) is 30.1 Å². The monoisotopic (exact) mass is 538 g/mol. The fourth-order valence-electron chi connectivity index (χ4n) is 5.99. The molecule has 3 aromatic rings. The van der Waals surface area contributed by atoms with Gasteiger partial charge in [-0.15, -0.1) is 0 Å². The molecule has 5 nitrogen and oxygen atoms in total. The molecule has 0 aromatic heterocycles. The van der Waals surface area contributed by atoms with Gasteiger partial charge in [0.1, 0.15) is 11.9 Å². The van der Waals surface area contributed by atoms with Crippen molar-refractivity contribution in [2.24, 2.45) is 5.92 Å². The number of fused-ring (bicyclic) bond motifs is 1. The van der Waals surface area contributed by atoms with Crippen LogP contribution in [0.1, 0.15) is 91.1 Å². The van der Waals surface area contributed by atoms with Gasteiger partial charge in [-0.25, -0.2) is 0 Å². The quantitative estimate of drug-likeness (QED) is 0.274. The number of likely N-dealkylation sites (tertiary alicyclic amines) is 1. The Balaban J connectivity index is 1.22. The first kappa shape index (κ1) is 28.1. The average Bonchev–Trinajstić information content (AvgIpc) is 3.44. The highest BCUT2D eigenvalue weighted by Gasteiger charge is 2.24. The number of nitrogens with zero attached hydrogens (tertiary/aromatic N) is 1. The van der Waals surface area contributed by atoms with E-state index in [4.69, 9.17) is 4.74 Å². The van der Waals surface area contributed by atoms with Crippen molar-refractivity contribution in [1.29, 1.82) is 0 Å². The van der Waals surface area contributed by atoms with Crippen molar-refractivity contribution in [3.63, 3.8) is 0 Å². The van der Waals surface area contributed by atoms with E-state index in [2.05, 4.69) is 46.6 Å². The standard InChI is InChI=1S/C35H42N2O3/c1-24(2)35(39)36-32-11-5-10-30(22-32)27-15-18-37(19-16-27)20-17-34(31-14-13-26-7-4-9-29(26)21-31)40-33-12-6-8-28(23-33)25(3)38/h5-6,8,10-14,21-24,27,34H,4,7,9,15-20H2,1-3H3,(H,36,39). The number of ketones is 1. The minimum atomic E-state index is -0.0629. The van der Waals surface area contributed by atoms with Gasteiger partial charge < -0.3 is 15.0 Å². The van der Waals surface area contributed by atoms with Crippen molar-refractivity contribution < 1.29 is 14.3 Å². The second-order valence-electron chi connectivity index (χ2n) is 11.7. The molecule has 0 bridgehead atoms. The molecule has 5 rings (SSSR count). The van der Waals surface area contributed by atoms with Gasteiger partial charge >= 0.3 is 0 Å². The Morgan fingerprint density at radius 2 is 1.73 bits per heavy atom. The maximum absolute atomic E-state index is 12.1. The molecule has 2 aliphatic rings. The van der Waals surface area contributed by atoms with E-state index < -0.39 is 0 Å². The number of anilines is 1. The van der Waals surface area contributed by atoms with E-state index in [0.717, 1.165) is 56.8 Å². The van der Waals surface area contributed by atoms with Gasteiger partial charge in [0.05, 0.1) is 0 Å². The molecule has 0 saturated carbocycles. The Hall–Kier alpha value is -3.44. The van der Waals surface area contributed by atoms with Crippen molar-refractivity contribution in [3.05, 3.63) is 94.5 Å². The second-order valence-corrected chi connectivity index (χ2v) is 11.7. The van der Waals surface area contributed by atoms with Crippen molar-refractivity contribution in [3.8, 4) is 5.75 Å². The van der Waals surface area contributed by atoms with Crippen LogP contribution in [0, 0.1) is 5.92 Å². The summed E-state index contributed by atoms with van der Waals surface area (Å²) in [5.74, 6) is 1.33. The lowest BCUT2D eigenvalue weighted by Gasteiger charge is -2.33. The third kappa shape index (κ3) is 7.00. The van der Waals surface area contributed by atoms with E-state index in [9.17, 15) is 9.59 Å². The number of amides is 1. The van der Waals surface area contributed by atoms with E-state index in [1.54, 1.807) is 6.92 Å². The van der Waals surface area contributed by atoms with Crippen LogP contribution in [0.15, 0.2) is 66.7 Å². The summed E-state index contributed by atoms with van der Waals surface area (Å²) in [5.41, 5.74) is 7.03. The Labute approximate surface area is 238 Å². The highest BCUT2D eigenvalue weighted by Crippen LogP contribution is 2.33. The molecule has 0 radical (unpaired) electrons. The highest BCUT2D eigenvalue weighted by atomic mass is 16.5. The highest BCUT2D eigenvalue weighted by molar-refractivity contribution is 5.94. The molecule has 1 aliphatic heterocycles. The van der Waals surface area contributed by atoms with E-state index >= 15 is 0 Å². The van der Waals surface area contributed by atoms with Crippen LogP contribution >= 0.6 is 0 Å². The van der Waals surface area contributed by atoms with Crippen LogP contribution in [0.3, 0.4) is 0 Å². The predicted octanol–water partition coefficient (Wildman–Crippen LogP) is 7.36. The zero-order valence-corrected chi connectivity index (χ0v) is 24.1. The molecule has 40 heavy (non-hydrogen) atoms. The molecular formula is C35H42N2O3. The number of aryl methyl sites for hydroxylation is 2. The number of carbonyl (C=O) groups is 2. The summed E-state index contributed by atoms with van der Waals surface area (Å²) in [6, 6.07) is 22.8. The van der Waals surface area contributed by atoms with Gasteiger partial charge in [0.2, 0.25) is 5.91 Å². The molecule has 1 N–H and O–H groups in total. The van der Waals surface area contributed by atoms with Crippen molar-refractivity contribution in [2.75, 3.05) is 25.0 Å². The Morgan fingerprint density at radius 1 is 0.950 bits per heavy atom. The Bertz CT molecular complexity index is 1340. The van der Waals surface area contributed by atoms with Gasteiger partial charge in [-0.2, -0.15) is 0 Å². The van der Waals surface area contributed by atoms with Crippen LogP contribution in [0.25, 0.3) is 0 Å². The summed E-state index contributed by atoms with van der Waals surface area (Å²) >= 11 is 0. The van der Waals surface area contributed by atoms with Gasteiger partial charge in [-0.05, 0) is 105 Å². The first-order valence-corrected chi connectivity index (χ1v) is 14.9.